The molecule has 1 aromatic rings. The third kappa shape index (κ3) is 3.60. The Morgan fingerprint density at radius 3 is 2.65 bits per heavy atom. The number of nitrogens with two attached hydrogens (primary N) is 1. The van der Waals surface area contributed by atoms with Gasteiger partial charge in [0.05, 0.1) is 21.9 Å². The monoisotopic (exact) mass is 239 g/mol. The first-order valence-corrected chi connectivity index (χ1v) is 5.18. The molecule has 0 saturated heterocycles. The molecule has 6 nitrogen and oxygen atoms in total. The topological polar surface area (TPSA) is 90.4 Å². The molecule has 0 aliphatic heterocycles. The third-order valence-electron chi connectivity index (χ3n) is 2.50. The Labute approximate surface area is 99.9 Å². The van der Waals surface area contributed by atoms with Crippen molar-refractivity contribution in [3.8, 4) is 0 Å². The van der Waals surface area contributed by atoms with Crippen molar-refractivity contribution in [2.24, 2.45) is 0 Å². The number of non-ortho nitro benzene ring substituents is 1. The molecule has 0 fully saturated rings. The lowest BCUT2D eigenvalue weighted by molar-refractivity contribution is -0.384. The predicted molar refractivity (Wildman–Crippen MR) is 67.1 cm³/mol. The minimum atomic E-state index is -0.473. The number of hydrogen-bond donors (Lipinski definition) is 2. The van der Waals surface area contributed by atoms with E-state index in [1.165, 1.54) is 12.1 Å². The minimum Gasteiger partial charge on any atom is -0.397 e. The van der Waals surface area contributed by atoms with E-state index < -0.39 is 4.92 Å². The van der Waals surface area contributed by atoms with Crippen LogP contribution in [0, 0.1) is 10.1 Å². The highest BCUT2D eigenvalue weighted by atomic mass is 16.6. The number of benzene rings is 1. The number of nitro benzene ring substituents is 1. The molecule has 0 atom stereocenters. The molecule has 0 unspecified atom stereocenters. The van der Waals surface area contributed by atoms with Gasteiger partial charge >= 0.3 is 0 Å². The minimum absolute atomic E-state index is 0.0148. The van der Waals surface area contributed by atoms with E-state index >= 15 is 0 Å². The van der Waals surface area contributed by atoms with Crippen molar-refractivity contribution in [3.63, 3.8) is 0 Å². The van der Waals surface area contributed by atoms with Gasteiger partial charge in [-0.25, -0.2) is 0 Å². The van der Waals surface area contributed by atoms with Gasteiger partial charge in [-0.2, -0.15) is 0 Å². The summed E-state index contributed by atoms with van der Waals surface area (Å²) in [6.45, 7) is 4.43. The van der Waals surface area contributed by atoms with E-state index in [0.29, 0.717) is 17.9 Å². The van der Waals surface area contributed by atoms with Crippen LogP contribution in [0.3, 0.4) is 0 Å². The lowest BCUT2D eigenvalue weighted by Gasteiger charge is -2.24. The van der Waals surface area contributed by atoms with Gasteiger partial charge in [-0.05, 0) is 19.9 Å². The van der Waals surface area contributed by atoms with Crippen molar-refractivity contribution in [1.82, 2.24) is 0 Å². The number of methoxy groups -OCH3 is 1. The van der Waals surface area contributed by atoms with Gasteiger partial charge in [0.1, 0.15) is 0 Å². The quantitative estimate of drug-likeness (QED) is 0.466. The van der Waals surface area contributed by atoms with Crippen molar-refractivity contribution in [3.05, 3.63) is 28.3 Å². The molecule has 94 valence electrons. The van der Waals surface area contributed by atoms with Gasteiger partial charge in [-0.1, -0.05) is 0 Å². The Kier molecular flexibility index (Phi) is 3.90. The molecule has 3 N–H and O–H groups in total. The van der Waals surface area contributed by atoms with Crippen LogP contribution in [-0.2, 0) is 4.74 Å². The first-order chi connectivity index (χ1) is 7.85. The summed E-state index contributed by atoms with van der Waals surface area (Å²) in [5.74, 6) is 0. The van der Waals surface area contributed by atoms with E-state index in [0.717, 1.165) is 0 Å². The molecule has 17 heavy (non-hydrogen) atoms. The van der Waals surface area contributed by atoms with E-state index in [9.17, 15) is 10.1 Å². The van der Waals surface area contributed by atoms with E-state index in [2.05, 4.69) is 5.32 Å². The van der Waals surface area contributed by atoms with Crippen molar-refractivity contribution in [2.45, 2.75) is 19.4 Å². The summed E-state index contributed by atoms with van der Waals surface area (Å²) in [7, 11) is 1.63. The maximum Gasteiger partial charge on any atom is 0.271 e. The average Bonchev–Trinajstić information content (AvgIpc) is 2.27. The smallest absolute Gasteiger partial charge is 0.271 e. The van der Waals surface area contributed by atoms with Gasteiger partial charge in [-0.3, -0.25) is 10.1 Å². The van der Waals surface area contributed by atoms with Crippen LogP contribution in [0.2, 0.25) is 0 Å². The molecular weight excluding hydrogens is 222 g/mol. The predicted octanol–water partition coefficient (Wildman–Crippen LogP) is 2.01. The molecule has 0 spiro atoms. The molecule has 0 heterocycles. The molecule has 1 rings (SSSR count). The van der Waals surface area contributed by atoms with Gasteiger partial charge in [0, 0.05) is 25.8 Å². The molecule has 0 saturated carbocycles. The van der Waals surface area contributed by atoms with Crippen LogP contribution in [0.1, 0.15) is 13.8 Å². The zero-order valence-corrected chi connectivity index (χ0v) is 10.2. The highest BCUT2D eigenvalue weighted by Gasteiger charge is 2.16. The fraction of sp³-hybridized carbons (Fsp3) is 0.455. The third-order valence-corrected chi connectivity index (χ3v) is 2.50. The second-order valence-corrected chi connectivity index (χ2v) is 4.35. The summed E-state index contributed by atoms with van der Waals surface area (Å²) in [5.41, 5.74) is 6.40. The first kappa shape index (κ1) is 13.2. The van der Waals surface area contributed by atoms with Crippen LogP contribution in [0.4, 0.5) is 17.1 Å². The highest BCUT2D eigenvalue weighted by Crippen LogP contribution is 2.24. The maximum absolute atomic E-state index is 10.5. The summed E-state index contributed by atoms with van der Waals surface area (Å²) >= 11 is 0. The molecule has 0 radical (unpaired) electrons. The van der Waals surface area contributed by atoms with Gasteiger partial charge in [0.25, 0.3) is 5.69 Å². The van der Waals surface area contributed by atoms with Crippen LogP contribution >= 0.6 is 0 Å². The van der Waals surface area contributed by atoms with E-state index in [1.807, 2.05) is 13.8 Å². The standard InChI is InChI=1S/C11H17N3O3/c1-11(2,17-3)7-13-10-5-4-8(14(15)16)6-9(10)12/h4-6,13H,7,12H2,1-3H3. The van der Waals surface area contributed by atoms with Crippen molar-refractivity contribution < 1.29 is 9.66 Å². The zero-order valence-electron chi connectivity index (χ0n) is 10.2. The largest absolute Gasteiger partial charge is 0.397 e. The molecule has 1 aromatic carbocycles. The van der Waals surface area contributed by atoms with E-state index in [-0.39, 0.29) is 11.3 Å². The number of ether oxygens (including phenoxy) is 1. The van der Waals surface area contributed by atoms with Crippen LogP contribution in [-0.4, -0.2) is 24.2 Å². The molecule has 6 heteroatoms. The Morgan fingerprint density at radius 1 is 1.53 bits per heavy atom. The fourth-order valence-electron chi connectivity index (χ4n) is 1.20. The van der Waals surface area contributed by atoms with Crippen LogP contribution in [0.5, 0.6) is 0 Å². The maximum atomic E-state index is 10.5. The van der Waals surface area contributed by atoms with Crippen molar-refractivity contribution >= 4 is 17.1 Å². The molecule has 0 aromatic heterocycles. The van der Waals surface area contributed by atoms with Gasteiger partial charge in [-0.15, -0.1) is 0 Å². The van der Waals surface area contributed by atoms with E-state index in [1.54, 1.807) is 13.2 Å². The summed E-state index contributed by atoms with van der Waals surface area (Å²) in [4.78, 5) is 10.1. The number of anilines is 2. The van der Waals surface area contributed by atoms with Crippen LogP contribution in [0.25, 0.3) is 0 Å². The second-order valence-electron chi connectivity index (χ2n) is 4.35. The molecule has 0 bridgehead atoms. The van der Waals surface area contributed by atoms with Gasteiger partial charge in [0.15, 0.2) is 0 Å². The fourth-order valence-corrected chi connectivity index (χ4v) is 1.20. The van der Waals surface area contributed by atoms with Crippen molar-refractivity contribution in [2.75, 3.05) is 24.7 Å². The molecule has 0 aliphatic rings. The Balaban J connectivity index is 2.77. The average molecular weight is 239 g/mol. The summed E-state index contributed by atoms with van der Waals surface area (Å²) in [6, 6.07) is 4.35. The Morgan fingerprint density at radius 2 is 2.18 bits per heavy atom. The number of nitro groups is 1. The lowest BCUT2D eigenvalue weighted by Crippen LogP contribution is -2.32. The number of nitrogen functional groups attached to an aromatic ring is 1. The molecule has 0 aliphatic carbocycles. The molecular formula is C11H17N3O3. The van der Waals surface area contributed by atoms with Gasteiger partial charge < -0.3 is 15.8 Å². The Bertz CT molecular complexity index is 418. The normalized spacial score (nSPS) is 11.2. The molecule has 0 amide bonds. The first-order valence-electron chi connectivity index (χ1n) is 5.18. The summed E-state index contributed by atoms with van der Waals surface area (Å²) < 4.78 is 5.25. The van der Waals surface area contributed by atoms with E-state index in [4.69, 9.17) is 10.5 Å². The number of rotatable bonds is 5. The van der Waals surface area contributed by atoms with Crippen LogP contribution in [0.15, 0.2) is 18.2 Å². The highest BCUT2D eigenvalue weighted by molar-refractivity contribution is 5.69. The second kappa shape index (κ2) is 5.01. The number of nitrogens with one attached hydrogen (secondary N) is 1. The van der Waals surface area contributed by atoms with Gasteiger partial charge in [0.2, 0.25) is 0 Å². The zero-order chi connectivity index (χ0) is 13.1. The summed E-state index contributed by atoms with van der Waals surface area (Å²) in [5, 5.41) is 13.6. The summed E-state index contributed by atoms with van der Waals surface area (Å²) in [6.07, 6.45) is 0. The van der Waals surface area contributed by atoms with Crippen molar-refractivity contribution in [1.29, 1.82) is 0 Å². The number of hydrogen-bond acceptors (Lipinski definition) is 5. The SMILES string of the molecule is COC(C)(C)CNc1ccc([N+](=O)[O-])cc1N. The lowest BCUT2D eigenvalue weighted by atomic mass is 10.1. The number of nitrogens with zero attached hydrogens (tertiary/aromatic N) is 1. The Hall–Kier alpha value is -1.82. The van der Waals surface area contributed by atoms with Crippen LogP contribution < -0.4 is 11.1 Å².